The first kappa shape index (κ1) is 20.3. The van der Waals surface area contributed by atoms with Crippen LogP contribution in [-0.2, 0) is 11.3 Å². The zero-order valence-electron chi connectivity index (χ0n) is 16.2. The highest BCUT2D eigenvalue weighted by atomic mass is 16.4. The van der Waals surface area contributed by atoms with Crippen molar-refractivity contribution in [1.29, 1.82) is 0 Å². The van der Waals surface area contributed by atoms with Gasteiger partial charge in [-0.1, -0.05) is 18.2 Å². The molecule has 1 aliphatic rings. The molecule has 0 aliphatic carbocycles. The number of nitrogens with one attached hydrogen (secondary N) is 2. The van der Waals surface area contributed by atoms with E-state index in [1.165, 1.54) is 12.1 Å². The minimum absolute atomic E-state index is 0.0695. The van der Waals surface area contributed by atoms with Crippen molar-refractivity contribution in [2.75, 3.05) is 18.4 Å². The molecule has 1 aromatic carbocycles. The average Bonchev–Trinajstić information content (AvgIpc) is 2.74. The van der Waals surface area contributed by atoms with Crippen molar-refractivity contribution in [3.05, 3.63) is 59.3 Å². The van der Waals surface area contributed by atoms with Gasteiger partial charge in [0.1, 0.15) is 5.82 Å². The number of aromatic carboxylic acids is 1. The lowest BCUT2D eigenvalue weighted by molar-refractivity contribution is -0.121. The van der Waals surface area contributed by atoms with E-state index in [-0.39, 0.29) is 23.4 Å². The summed E-state index contributed by atoms with van der Waals surface area (Å²) in [5, 5.41) is 14.6. The van der Waals surface area contributed by atoms with Crippen LogP contribution in [0.4, 0.5) is 10.6 Å². The molecule has 8 heteroatoms. The maximum Gasteiger partial charge on any atom is 0.335 e. The Morgan fingerprint density at radius 2 is 1.79 bits per heavy atom. The Balaban J connectivity index is 1.43. The standard InChI is InChI=1S/C21H24N4O4/c1-14-2-7-18(22-12-14)24-19(26)16-8-10-25(11-9-16)21(29)23-13-15-3-5-17(6-4-15)20(27)28/h2-7,12,16H,8-11,13H2,1H3,(H,23,29)(H,27,28)(H,22,24,26). The third-order valence-corrected chi connectivity index (χ3v) is 4.96. The van der Waals surface area contributed by atoms with Crippen molar-refractivity contribution < 1.29 is 19.5 Å². The summed E-state index contributed by atoms with van der Waals surface area (Å²) in [6.07, 6.45) is 2.90. The lowest BCUT2D eigenvalue weighted by atomic mass is 9.96. The summed E-state index contributed by atoms with van der Waals surface area (Å²) in [5.74, 6) is -0.661. The van der Waals surface area contributed by atoms with Gasteiger partial charge >= 0.3 is 12.0 Å². The molecule has 0 spiro atoms. The van der Waals surface area contributed by atoms with Gasteiger partial charge in [-0.2, -0.15) is 0 Å². The van der Waals surface area contributed by atoms with E-state index in [2.05, 4.69) is 15.6 Å². The summed E-state index contributed by atoms with van der Waals surface area (Å²) in [6, 6.07) is 9.86. The Bertz CT molecular complexity index is 873. The largest absolute Gasteiger partial charge is 0.478 e. The first-order chi connectivity index (χ1) is 13.9. The van der Waals surface area contributed by atoms with E-state index in [4.69, 9.17) is 5.11 Å². The Hall–Kier alpha value is -3.42. The number of carboxylic acids is 1. The van der Waals surface area contributed by atoms with E-state index in [1.54, 1.807) is 29.3 Å². The predicted molar refractivity (Wildman–Crippen MR) is 108 cm³/mol. The zero-order chi connectivity index (χ0) is 20.8. The highest BCUT2D eigenvalue weighted by Gasteiger charge is 2.27. The van der Waals surface area contributed by atoms with Crippen molar-refractivity contribution in [1.82, 2.24) is 15.2 Å². The summed E-state index contributed by atoms with van der Waals surface area (Å²) in [6.45, 7) is 3.26. The van der Waals surface area contributed by atoms with Gasteiger partial charge in [0.2, 0.25) is 5.91 Å². The van der Waals surface area contributed by atoms with E-state index < -0.39 is 5.97 Å². The summed E-state index contributed by atoms with van der Waals surface area (Å²) in [7, 11) is 0. The van der Waals surface area contributed by atoms with Crippen LogP contribution in [0, 0.1) is 12.8 Å². The number of amides is 3. The summed E-state index contributed by atoms with van der Waals surface area (Å²) >= 11 is 0. The number of likely N-dealkylation sites (tertiary alicyclic amines) is 1. The van der Waals surface area contributed by atoms with Crippen molar-refractivity contribution in [3.63, 3.8) is 0 Å². The number of aromatic nitrogens is 1. The maximum atomic E-state index is 12.4. The monoisotopic (exact) mass is 396 g/mol. The van der Waals surface area contributed by atoms with Crippen LogP contribution in [0.3, 0.4) is 0 Å². The molecule has 1 fully saturated rings. The predicted octanol–water partition coefficient (Wildman–Crippen LogP) is 2.65. The van der Waals surface area contributed by atoms with Crippen LogP contribution in [0.25, 0.3) is 0 Å². The average molecular weight is 396 g/mol. The van der Waals surface area contributed by atoms with Crippen LogP contribution in [0.2, 0.25) is 0 Å². The molecule has 8 nitrogen and oxygen atoms in total. The molecule has 3 N–H and O–H groups in total. The minimum Gasteiger partial charge on any atom is -0.478 e. The van der Waals surface area contributed by atoms with Gasteiger partial charge in [0, 0.05) is 31.7 Å². The number of aryl methyl sites for hydroxylation is 1. The van der Waals surface area contributed by atoms with Gasteiger partial charge < -0.3 is 20.6 Å². The number of hydrogen-bond acceptors (Lipinski definition) is 4. The molecule has 1 aromatic heterocycles. The van der Waals surface area contributed by atoms with Gasteiger partial charge in [-0.15, -0.1) is 0 Å². The van der Waals surface area contributed by atoms with Gasteiger partial charge in [0.25, 0.3) is 0 Å². The zero-order valence-corrected chi connectivity index (χ0v) is 16.2. The highest BCUT2D eigenvalue weighted by Crippen LogP contribution is 2.19. The number of nitrogens with zero attached hydrogens (tertiary/aromatic N) is 2. The molecule has 1 saturated heterocycles. The van der Waals surface area contributed by atoms with Crippen molar-refractivity contribution in [3.8, 4) is 0 Å². The van der Waals surface area contributed by atoms with Gasteiger partial charge in [-0.05, 0) is 49.1 Å². The van der Waals surface area contributed by atoms with Crippen LogP contribution in [0.5, 0.6) is 0 Å². The molecule has 0 radical (unpaired) electrons. The third kappa shape index (κ3) is 5.54. The van der Waals surface area contributed by atoms with E-state index in [9.17, 15) is 14.4 Å². The quantitative estimate of drug-likeness (QED) is 0.719. The number of urea groups is 1. The molecule has 2 aromatic rings. The second-order valence-corrected chi connectivity index (χ2v) is 7.13. The second-order valence-electron chi connectivity index (χ2n) is 7.13. The molecular weight excluding hydrogens is 372 g/mol. The number of carboxylic acid groups (broad SMARTS) is 1. The smallest absolute Gasteiger partial charge is 0.335 e. The molecule has 3 amide bonds. The van der Waals surface area contributed by atoms with E-state index in [0.29, 0.717) is 38.3 Å². The molecule has 152 valence electrons. The van der Waals surface area contributed by atoms with Crippen molar-refractivity contribution in [2.24, 2.45) is 5.92 Å². The first-order valence-corrected chi connectivity index (χ1v) is 9.51. The SMILES string of the molecule is Cc1ccc(NC(=O)C2CCN(C(=O)NCc3ccc(C(=O)O)cc3)CC2)nc1. The molecule has 0 unspecified atom stereocenters. The van der Waals surface area contributed by atoms with Crippen molar-refractivity contribution in [2.45, 2.75) is 26.3 Å². The maximum absolute atomic E-state index is 12.4. The number of pyridine rings is 1. The summed E-state index contributed by atoms with van der Waals surface area (Å²) in [5.41, 5.74) is 2.06. The Kier molecular flexibility index (Phi) is 6.43. The van der Waals surface area contributed by atoms with Crippen LogP contribution < -0.4 is 10.6 Å². The number of carbonyl (C=O) groups excluding carboxylic acids is 2. The molecule has 0 saturated carbocycles. The number of benzene rings is 1. The Morgan fingerprint density at radius 3 is 2.38 bits per heavy atom. The fraction of sp³-hybridized carbons (Fsp3) is 0.333. The number of anilines is 1. The Morgan fingerprint density at radius 1 is 1.10 bits per heavy atom. The number of hydrogen-bond donors (Lipinski definition) is 3. The molecule has 3 rings (SSSR count). The lowest BCUT2D eigenvalue weighted by Gasteiger charge is -2.31. The third-order valence-electron chi connectivity index (χ3n) is 4.96. The van der Waals surface area contributed by atoms with E-state index in [0.717, 1.165) is 11.1 Å². The second kappa shape index (κ2) is 9.18. The van der Waals surface area contributed by atoms with Gasteiger partial charge in [0.05, 0.1) is 5.56 Å². The fourth-order valence-corrected chi connectivity index (χ4v) is 3.17. The number of carbonyl (C=O) groups is 3. The molecule has 1 aliphatic heterocycles. The van der Waals surface area contributed by atoms with Gasteiger partial charge in [-0.25, -0.2) is 14.6 Å². The number of piperidine rings is 1. The summed E-state index contributed by atoms with van der Waals surface area (Å²) < 4.78 is 0. The number of rotatable bonds is 5. The lowest BCUT2D eigenvalue weighted by Crippen LogP contribution is -2.45. The molecular formula is C21H24N4O4. The fourth-order valence-electron chi connectivity index (χ4n) is 3.17. The van der Waals surface area contributed by atoms with Crippen molar-refractivity contribution >= 4 is 23.7 Å². The normalized spacial score (nSPS) is 14.3. The van der Waals surface area contributed by atoms with Crippen LogP contribution in [-0.4, -0.2) is 46.0 Å². The topological polar surface area (TPSA) is 112 Å². The molecule has 29 heavy (non-hydrogen) atoms. The van der Waals surface area contributed by atoms with Crippen LogP contribution in [0.1, 0.15) is 34.3 Å². The minimum atomic E-state index is -0.981. The van der Waals surface area contributed by atoms with E-state index in [1.807, 2.05) is 13.0 Å². The van der Waals surface area contributed by atoms with Crippen LogP contribution >= 0.6 is 0 Å². The molecule has 2 heterocycles. The van der Waals surface area contributed by atoms with Gasteiger partial charge in [-0.3, -0.25) is 4.79 Å². The molecule has 0 bridgehead atoms. The summed E-state index contributed by atoms with van der Waals surface area (Å²) in [4.78, 5) is 41.5. The van der Waals surface area contributed by atoms with Gasteiger partial charge in [0.15, 0.2) is 0 Å². The van der Waals surface area contributed by atoms with E-state index >= 15 is 0 Å². The molecule has 0 atom stereocenters. The highest BCUT2D eigenvalue weighted by molar-refractivity contribution is 5.92. The first-order valence-electron chi connectivity index (χ1n) is 9.51. The van der Waals surface area contributed by atoms with Crippen LogP contribution in [0.15, 0.2) is 42.6 Å². The Labute approximate surface area is 168 Å².